The van der Waals surface area contributed by atoms with Gasteiger partial charge in [-0.2, -0.15) is 0 Å². The Kier molecular flexibility index (Phi) is 10.1. The number of aliphatic imine (C=N–C) groups is 1. The van der Waals surface area contributed by atoms with E-state index < -0.39 is 0 Å². The number of amides is 1. The highest BCUT2D eigenvalue weighted by molar-refractivity contribution is 5.84. The number of benzene rings is 1. The van der Waals surface area contributed by atoms with Gasteiger partial charge in [-0.3, -0.25) is 4.79 Å². The molecular formula is C18H30N4O3. The average molecular weight is 350 g/mol. The molecule has 1 aromatic carbocycles. The lowest BCUT2D eigenvalue weighted by molar-refractivity contribution is -0.119. The summed E-state index contributed by atoms with van der Waals surface area (Å²) in [6, 6.07) is 6.13. The third kappa shape index (κ3) is 8.39. The molecule has 1 aromatic rings. The minimum Gasteiger partial charge on any atom is -0.496 e. The fraction of sp³-hybridized carbons (Fsp3) is 0.556. The largest absolute Gasteiger partial charge is 0.496 e. The summed E-state index contributed by atoms with van der Waals surface area (Å²) in [6.45, 7) is 6.52. The zero-order chi connectivity index (χ0) is 18.5. The number of guanidine groups is 1. The lowest BCUT2D eigenvalue weighted by Crippen LogP contribution is -2.39. The lowest BCUT2D eigenvalue weighted by atomic mass is 10.1. The van der Waals surface area contributed by atoms with Crippen molar-refractivity contribution in [2.24, 2.45) is 4.99 Å². The summed E-state index contributed by atoms with van der Waals surface area (Å²) in [5.41, 5.74) is 2.34. The van der Waals surface area contributed by atoms with E-state index in [2.05, 4.69) is 33.9 Å². The molecule has 1 rings (SSSR count). The average Bonchev–Trinajstić information content (AvgIpc) is 2.60. The maximum atomic E-state index is 11.7. The minimum absolute atomic E-state index is 0.0762. The quantitative estimate of drug-likeness (QED) is 0.331. The van der Waals surface area contributed by atoms with Gasteiger partial charge in [0.25, 0.3) is 0 Å². The number of ether oxygens (including phenoxy) is 2. The molecule has 0 bridgehead atoms. The summed E-state index contributed by atoms with van der Waals surface area (Å²) in [6.07, 6.45) is 0.801. The summed E-state index contributed by atoms with van der Waals surface area (Å²) in [5, 5.41) is 9.12. The van der Waals surface area contributed by atoms with Gasteiger partial charge < -0.3 is 25.4 Å². The number of aryl methyl sites for hydroxylation is 1. The molecule has 0 spiro atoms. The first kappa shape index (κ1) is 20.8. The topological polar surface area (TPSA) is 84.0 Å². The van der Waals surface area contributed by atoms with Gasteiger partial charge in [-0.05, 0) is 31.9 Å². The van der Waals surface area contributed by atoms with Gasteiger partial charge in [0.1, 0.15) is 12.3 Å². The molecule has 0 fully saturated rings. The Morgan fingerprint density at radius 1 is 1.16 bits per heavy atom. The molecule has 7 nitrogen and oxygen atoms in total. The first-order valence-corrected chi connectivity index (χ1v) is 8.52. The molecule has 3 N–H and O–H groups in total. The molecule has 140 valence electrons. The van der Waals surface area contributed by atoms with Gasteiger partial charge in [0.05, 0.1) is 13.7 Å². The Bertz CT molecular complexity index is 561. The number of nitrogens with zero attached hydrogens (tertiary/aromatic N) is 1. The number of rotatable bonds is 10. The normalized spacial score (nSPS) is 11.1. The van der Waals surface area contributed by atoms with Crippen molar-refractivity contribution in [3.8, 4) is 5.75 Å². The van der Waals surface area contributed by atoms with Gasteiger partial charge in [0.15, 0.2) is 5.96 Å². The zero-order valence-corrected chi connectivity index (χ0v) is 15.6. The molecule has 1 amide bonds. The molecule has 25 heavy (non-hydrogen) atoms. The third-order valence-corrected chi connectivity index (χ3v) is 3.48. The van der Waals surface area contributed by atoms with Crippen LogP contribution in [0.3, 0.4) is 0 Å². The lowest BCUT2D eigenvalue weighted by Gasteiger charge is -2.13. The minimum atomic E-state index is -0.130. The number of methoxy groups -OCH3 is 2. The third-order valence-electron chi connectivity index (χ3n) is 3.48. The van der Waals surface area contributed by atoms with Crippen molar-refractivity contribution in [3.05, 3.63) is 29.3 Å². The summed E-state index contributed by atoms with van der Waals surface area (Å²) < 4.78 is 10.3. The predicted octanol–water partition coefficient (Wildman–Crippen LogP) is 0.864. The zero-order valence-electron chi connectivity index (χ0n) is 15.6. The maximum Gasteiger partial charge on any atom is 0.241 e. The van der Waals surface area contributed by atoms with Crippen LogP contribution >= 0.6 is 0 Å². The number of hydrogen-bond donors (Lipinski definition) is 3. The molecule has 0 saturated carbocycles. The first-order chi connectivity index (χ1) is 12.1. The van der Waals surface area contributed by atoms with E-state index in [0.717, 1.165) is 24.3 Å². The predicted molar refractivity (Wildman–Crippen MR) is 100 cm³/mol. The molecule has 0 aromatic heterocycles. The second kappa shape index (κ2) is 12.1. The molecule has 0 aliphatic carbocycles. The van der Waals surface area contributed by atoms with Gasteiger partial charge in [-0.1, -0.05) is 17.7 Å². The molecule has 0 aliphatic heterocycles. The van der Waals surface area contributed by atoms with Gasteiger partial charge in [-0.15, -0.1) is 0 Å². The highest BCUT2D eigenvalue weighted by atomic mass is 16.5. The van der Waals surface area contributed by atoms with E-state index in [4.69, 9.17) is 9.47 Å². The van der Waals surface area contributed by atoms with Gasteiger partial charge >= 0.3 is 0 Å². The van der Waals surface area contributed by atoms with Crippen LogP contribution in [0.2, 0.25) is 0 Å². The molecule has 0 unspecified atom stereocenters. The SMILES string of the molecule is CCNC(=NCC(=O)NCCOC)NCCc1cc(C)ccc1OC. The van der Waals surface area contributed by atoms with Crippen molar-refractivity contribution in [2.75, 3.05) is 47.0 Å². The number of hydrogen-bond acceptors (Lipinski definition) is 4. The number of carbonyl (C=O) groups is 1. The van der Waals surface area contributed by atoms with E-state index in [1.807, 2.05) is 19.1 Å². The fourth-order valence-corrected chi connectivity index (χ4v) is 2.26. The highest BCUT2D eigenvalue weighted by Crippen LogP contribution is 2.19. The van der Waals surface area contributed by atoms with Crippen LogP contribution in [-0.2, 0) is 16.0 Å². The number of carbonyl (C=O) groups excluding carboxylic acids is 1. The van der Waals surface area contributed by atoms with Crippen molar-refractivity contribution in [3.63, 3.8) is 0 Å². The molecule has 0 heterocycles. The van der Waals surface area contributed by atoms with E-state index in [9.17, 15) is 4.79 Å². The van der Waals surface area contributed by atoms with Crippen LogP contribution in [-0.4, -0.2) is 58.9 Å². The molecule has 7 heteroatoms. The molecule has 0 atom stereocenters. The Labute approximate surface area is 150 Å². The second-order valence-corrected chi connectivity index (χ2v) is 5.53. The van der Waals surface area contributed by atoms with E-state index in [0.29, 0.717) is 25.7 Å². The van der Waals surface area contributed by atoms with Crippen LogP contribution in [0, 0.1) is 6.92 Å². The van der Waals surface area contributed by atoms with E-state index in [1.165, 1.54) is 5.56 Å². The highest BCUT2D eigenvalue weighted by Gasteiger charge is 2.05. The van der Waals surface area contributed by atoms with Crippen molar-refractivity contribution >= 4 is 11.9 Å². The van der Waals surface area contributed by atoms with Crippen molar-refractivity contribution in [2.45, 2.75) is 20.3 Å². The summed E-state index contributed by atoms with van der Waals surface area (Å²) in [4.78, 5) is 16.0. The van der Waals surface area contributed by atoms with Gasteiger partial charge in [0, 0.05) is 26.7 Å². The Balaban J connectivity index is 2.51. The van der Waals surface area contributed by atoms with E-state index >= 15 is 0 Å². The fourth-order valence-electron chi connectivity index (χ4n) is 2.26. The van der Waals surface area contributed by atoms with Crippen LogP contribution in [0.4, 0.5) is 0 Å². The van der Waals surface area contributed by atoms with Gasteiger partial charge in [0.2, 0.25) is 5.91 Å². The first-order valence-electron chi connectivity index (χ1n) is 8.52. The summed E-state index contributed by atoms with van der Waals surface area (Å²) in [5.74, 6) is 1.37. The van der Waals surface area contributed by atoms with E-state index in [-0.39, 0.29) is 12.5 Å². The van der Waals surface area contributed by atoms with Crippen molar-refractivity contribution in [1.29, 1.82) is 0 Å². The summed E-state index contributed by atoms with van der Waals surface area (Å²) >= 11 is 0. The standard InChI is InChI=1S/C18H30N4O3/c1-5-19-18(22-13-17(23)20-10-11-24-3)21-9-8-15-12-14(2)6-7-16(15)25-4/h6-7,12H,5,8-11,13H2,1-4H3,(H,20,23)(H2,19,21,22). The van der Waals surface area contributed by atoms with Crippen molar-refractivity contribution < 1.29 is 14.3 Å². The molecular weight excluding hydrogens is 320 g/mol. The smallest absolute Gasteiger partial charge is 0.241 e. The van der Waals surface area contributed by atoms with Crippen molar-refractivity contribution in [1.82, 2.24) is 16.0 Å². The van der Waals surface area contributed by atoms with Crippen LogP contribution in [0.1, 0.15) is 18.1 Å². The second-order valence-electron chi connectivity index (χ2n) is 5.53. The molecule has 0 aliphatic rings. The van der Waals surface area contributed by atoms with Crippen LogP contribution in [0.5, 0.6) is 5.75 Å². The summed E-state index contributed by atoms with van der Waals surface area (Å²) in [7, 11) is 3.27. The Morgan fingerprint density at radius 3 is 2.64 bits per heavy atom. The van der Waals surface area contributed by atoms with Crippen LogP contribution in [0.15, 0.2) is 23.2 Å². The molecule has 0 radical (unpaired) electrons. The molecule has 0 saturated heterocycles. The maximum absolute atomic E-state index is 11.7. The monoisotopic (exact) mass is 350 g/mol. The Morgan fingerprint density at radius 2 is 1.96 bits per heavy atom. The van der Waals surface area contributed by atoms with E-state index in [1.54, 1.807) is 14.2 Å². The van der Waals surface area contributed by atoms with Crippen LogP contribution < -0.4 is 20.7 Å². The Hall–Kier alpha value is -2.28. The van der Waals surface area contributed by atoms with Crippen LogP contribution in [0.25, 0.3) is 0 Å². The number of nitrogens with one attached hydrogen (secondary N) is 3. The van der Waals surface area contributed by atoms with Gasteiger partial charge in [-0.25, -0.2) is 4.99 Å².